The molecule has 0 saturated carbocycles. The highest BCUT2D eigenvalue weighted by atomic mass is 35.5. The lowest BCUT2D eigenvalue weighted by molar-refractivity contribution is 0.481. The van der Waals surface area contributed by atoms with Crippen molar-refractivity contribution in [2.24, 2.45) is 5.73 Å². The molecule has 6 nitrogen and oxygen atoms in total. The van der Waals surface area contributed by atoms with Crippen molar-refractivity contribution in [3.05, 3.63) is 47.5 Å². The number of hydrogen-bond acceptors (Lipinski definition) is 5. The Kier molecular flexibility index (Phi) is 7.03. The highest BCUT2D eigenvalue weighted by Crippen LogP contribution is 2.31. The molecular weight excluding hydrogens is 383 g/mol. The predicted molar refractivity (Wildman–Crippen MR) is 114 cm³/mol. The molecule has 1 unspecified atom stereocenters. The number of rotatable bonds is 4. The number of aryl methyl sites for hydroxylation is 2. The van der Waals surface area contributed by atoms with Crippen LogP contribution < -0.4 is 10.6 Å². The summed E-state index contributed by atoms with van der Waals surface area (Å²) in [6.07, 6.45) is 1.78. The number of anilines is 1. The summed E-state index contributed by atoms with van der Waals surface area (Å²) in [4.78, 5) is 11.9. The summed E-state index contributed by atoms with van der Waals surface area (Å²) in [6.45, 7) is 6.64. The first-order valence-electron chi connectivity index (χ1n) is 8.89. The molecule has 3 heterocycles. The third-order valence-electron chi connectivity index (χ3n) is 4.85. The van der Waals surface area contributed by atoms with Crippen LogP contribution in [0.1, 0.15) is 29.7 Å². The van der Waals surface area contributed by atoms with Crippen molar-refractivity contribution in [2.45, 2.75) is 32.7 Å². The van der Waals surface area contributed by atoms with Crippen molar-refractivity contribution in [2.75, 3.05) is 24.5 Å². The molecule has 1 atom stereocenters. The number of para-hydroxylation sites is 1. The third kappa shape index (κ3) is 4.18. The zero-order chi connectivity index (χ0) is 17.4. The Labute approximate surface area is 172 Å². The number of nitrogens with two attached hydrogens (primary N) is 1. The van der Waals surface area contributed by atoms with Crippen LogP contribution >= 0.6 is 24.8 Å². The van der Waals surface area contributed by atoms with Crippen LogP contribution in [0.15, 0.2) is 30.3 Å². The van der Waals surface area contributed by atoms with Gasteiger partial charge in [-0.3, -0.25) is 4.68 Å². The highest BCUT2D eigenvalue weighted by Gasteiger charge is 2.28. The number of nitrogens with zero attached hydrogens (tertiary/aromatic N) is 5. The summed E-state index contributed by atoms with van der Waals surface area (Å²) in [5.41, 5.74) is 9.01. The second kappa shape index (κ2) is 8.87. The van der Waals surface area contributed by atoms with Gasteiger partial charge < -0.3 is 10.6 Å². The van der Waals surface area contributed by atoms with Gasteiger partial charge in [0.05, 0.1) is 17.3 Å². The quantitative estimate of drug-likeness (QED) is 0.716. The molecule has 1 aliphatic heterocycles. The van der Waals surface area contributed by atoms with Crippen LogP contribution in [-0.4, -0.2) is 39.4 Å². The molecule has 0 aliphatic carbocycles. The molecule has 27 heavy (non-hydrogen) atoms. The van der Waals surface area contributed by atoms with Gasteiger partial charge in [0.15, 0.2) is 0 Å². The molecule has 0 radical (unpaired) electrons. The molecule has 1 fully saturated rings. The highest BCUT2D eigenvalue weighted by molar-refractivity contribution is 5.89. The lowest BCUT2D eigenvalue weighted by atomic mass is 10.2. The average Bonchev–Trinajstić information content (AvgIpc) is 3.20. The summed E-state index contributed by atoms with van der Waals surface area (Å²) in [6, 6.07) is 10.8. The Hall–Kier alpha value is -1.89. The molecule has 8 heteroatoms. The molecule has 1 saturated heterocycles. The number of halogens is 2. The van der Waals surface area contributed by atoms with Crippen LogP contribution in [0.25, 0.3) is 10.9 Å². The molecular formula is C19H26Cl2N6. The lowest BCUT2D eigenvalue weighted by Crippen LogP contribution is -2.24. The summed E-state index contributed by atoms with van der Waals surface area (Å²) in [5, 5.41) is 5.78. The smallest absolute Gasteiger partial charge is 0.140 e. The minimum Gasteiger partial charge on any atom is -0.354 e. The van der Waals surface area contributed by atoms with Crippen LogP contribution in [-0.2, 0) is 6.42 Å². The van der Waals surface area contributed by atoms with E-state index in [1.165, 1.54) is 5.69 Å². The lowest BCUT2D eigenvalue weighted by Gasteiger charge is -2.20. The minimum atomic E-state index is 0. The zero-order valence-electron chi connectivity index (χ0n) is 15.6. The molecule has 0 amide bonds. The van der Waals surface area contributed by atoms with Gasteiger partial charge in [0.2, 0.25) is 0 Å². The summed E-state index contributed by atoms with van der Waals surface area (Å²) < 4.78 is 2.17. The van der Waals surface area contributed by atoms with Gasteiger partial charge in [-0.15, -0.1) is 24.8 Å². The fourth-order valence-corrected chi connectivity index (χ4v) is 3.74. The topological polar surface area (TPSA) is 72.9 Å². The van der Waals surface area contributed by atoms with E-state index >= 15 is 0 Å². The maximum atomic E-state index is 5.72. The molecule has 2 aromatic heterocycles. The first-order chi connectivity index (χ1) is 12.2. The number of hydrogen-bond donors (Lipinski definition) is 1. The van der Waals surface area contributed by atoms with Gasteiger partial charge in [-0.1, -0.05) is 12.1 Å². The van der Waals surface area contributed by atoms with E-state index in [-0.39, 0.29) is 24.8 Å². The van der Waals surface area contributed by atoms with Crippen LogP contribution in [0.3, 0.4) is 0 Å². The minimum absolute atomic E-state index is 0. The fraction of sp³-hybridized carbons (Fsp3) is 0.421. The van der Waals surface area contributed by atoms with Crippen molar-refractivity contribution in [1.29, 1.82) is 0 Å². The van der Waals surface area contributed by atoms with Crippen LogP contribution in [0, 0.1) is 13.8 Å². The fourth-order valence-electron chi connectivity index (χ4n) is 3.74. The molecule has 146 valence electrons. The maximum Gasteiger partial charge on any atom is 0.140 e. The first kappa shape index (κ1) is 21.4. The molecule has 3 aromatic rings. The van der Waals surface area contributed by atoms with E-state index in [2.05, 4.69) is 44.8 Å². The van der Waals surface area contributed by atoms with E-state index in [1.54, 1.807) is 0 Å². The van der Waals surface area contributed by atoms with E-state index in [0.29, 0.717) is 19.0 Å². The van der Waals surface area contributed by atoms with E-state index < -0.39 is 0 Å². The molecule has 2 N–H and O–H groups in total. The Balaban J connectivity index is 0.00000131. The second-order valence-electron chi connectivity index (χ2n) is 6.78. The van der Waals surface area contributed by atoms with Gasteiger partial charge in [0.1, 0.15) is 11.6 Å². The Morgan fingerprint density at radius 3 is 2.63 bits per heavy atom. The maximum absolute atomic E-state index is 5.72. The molecule has 4 rings (SSSR count). The van der Waals surface area contributed by atoms with Crippen molar-refractivity contribution < 1.29 is 0 Å². The number of fused-ring (bicyclic) bond motifs is 1. The normalized spacial score (nSPS) is 16.3. The van der Waals surface area contributed by atoms with Crippen LogP contribution in [0.5, 0.6) is 0 Å². The van der Waals surface area contributed by atoms with Crippen molar-refractivity contribution >= 4 is 41.5 Å². The zero-order valence-corrected chi connectivity index (χ0v) is 17.3. The first-order valence-corrected chi connectivity index (χ1v) is 8.89. The SMILES string of the molecule is Cc1cc(C)n(C2CCN(c3nc(CCN)nc4ccccc34)C2)n1.Cl.Cl. The summed E-state index contributed by atoms with van der Waals surface area (Å²) in [5.74, 6) is 1.85. The van der Waals surface area contributed by atoms with Gasteiger partial charge in [0.25, 0.3) is 0 Å². The second-order valence-corrected chi connectivity index (χ2v) is 6.78. The Morgan fingerprint density at radius 1 is 1.15 bits per heavy atom. The summed E-state index contributed by atoms with van der Waals surface area (Å²) >= 11 is 0. The largest absolute Gasteiger partial charge is 0.354 e. The monoisotopic (exact) mass is 408 g/mol. The Morgan fingerprint density at radius 2 is 1.93 bits per heavy atom. The molecule has 0 bridgehead atoms. The molecule has 0 spiro atoms. The van der Waals surface area contributed by atoms with Crippen molar-refractivity contribution in [3.8, 4) is 0 Å². The predicted octanol–water partition coefficient (Wildman–Crippen LogP) is 3.24. The third-order valence-corrected chi connectivity index (χ3v) is 4.85. The summed E-state index contributed by atoms with van der Waals surface area (Å²) in [7, 11) is 0. The van der Waals surface area contributed by atoms with Gasteiger partial charge in [0, 0.05) is 30.6 Å². The van der Waals surface area contributed by atoms with Crippen molar-refractivity contribution in [1.82, 2.24) is 19.7 Å². The van der Waals surface area contributed by atoms with E-state index in [1.807, 2.05) is 19.1 Å². The van der Waals surface area contributed by atoms with Crippen LogP contribution in [0.2, 0.25) is 0 Å². The number of aromatic nitrogens is 4. The number of benzene rings is 1. The van der Waals surface area contributed by atoms with E-state index in [9.17, 15) is 0 Å². The molecule has 1 aromatic carbocycles. The van der Waals surface area contributed by atoms with Gasteiger partial charge in [-0.2, -0.15) is 5.10 Å². The molecule has 1 aliphatic rings. The van der Waals surface area contributed by atoms with Gasteiger partial charge in [-0.25, -0.2) is 9.97 Å². The van der Waals surface area contributed by atoms with E-state index in [0.717, 1.165) is 47.7 Å². The van der Waals surface area contributed by atoms with Crippen LogP contribution in [0.4, 0.5) is 5.82 Å². The Bertz CT molecular complexity index is 910. The average molecular weight is 409 g/mol. The standard InChI is InChI=1S/C19H24N6.2ClH/c1-13-11-14(2)25(23-13)15-8-10-24(12-15)19-16-5-3-4-6-17(16)21-18(22-19)7-9-20;;/h3-6,11,15H,7-10,12,20H2,1-2H3;2*1H. The van der Waals surface area contributed by atoms with Gasteiger partial charge >= 0.3 is 0 Å². The van der Waals surface area contributed by atoms with Crippen molar-refractivity contribution in [3.63, 3.8) is 0 Å². The van der Waals surface area contributed by atoms with E-state index in [4.69, 9.17) is 10.7 Å². The van der Waals surface area contributed by atoms with Gasteiger partial charge in [-0.05, 0) is 45.0 Å².